The van der Waals surface area contributed by atoms with Crippen molar-refractivity contribution in [2.24, 2.45) is 5.92 Å². The first kappa shape index (κ1) is 25.8. The largest absolute Gasteiger partial charge is 0.353 e. The highest BCUT2D eigenvalue weighted by atomic mass is 32.2. The first-order valence-corrected chi connectivity index (χ1v) is 14.0. The van der Waals surface area contributed by atoms with E-state index in [2.05, 4.69) is 10.3 Å². The lowest BCUT2D eigenvalue weighted by atomic mass is 9.92. The van der Waals surface area contributed by atoms with Gasteiger partial charge in [-0.15, -0.1) is 0 Å². The number of aromatic nitrogens is 1. The summed E-state index contributed by atoms with van der Waals surface area (Å²) in [7, 11) is -3.47. The van der Waals surface area contributed by atoms with Gasteiger partial charge in [-0.25, -0.2) is 8.42 Å². The van der Waals surface area contributed by atoms with E-state index >= 15 is 0 Å². The van der Waals surface area contributed by atoms with E-state index in [-0.39, 0.29) is 5.91 Å². The summed E-state index contributed by atoms with van der Waals surface area (Å²) in [6.45, 7) is 1.77. The molecular weight excluding hydrogens is 470 g/mol. The van der Waals surface area contributed by atoms with Crippen molar-refractivity contribution in [2.45, 2.75) is 37.0 Å². The summed E-state index contributed by atoms with van der Waals surface area (Å²) in [4.78, 5) is 16.3. The Labute approximate surface area is 213 Å². The molecule has 188 valence electrons. The SMILES string of the molecule is O=C(C=CC=Cc1cccnc1)NCCCCC1CCN(S(=O)(=O)c2ccc3ccccc3c2)CC1. The van der Waals surface area contributed by atoms with Crippen LogP contribution < -0.4 is 5.32 Å². The Morgan fingerprint density at radius 3 is 2.58 bits per heavy atom. The van der Waals surface area contributed by atoms with Gasteiger partial charge in [0.2, 0.25) is 15.9 Å². The van der Waals surface area contributed by atoms with Gasteiger partial charge in [0.1, 0.15) is 0 Å². The first-order chi connectivity index (χ1) is 17.5. The molecule has 0 unspecified atom stereocenters. The van der Waals surface area contributed by atoms with E-state index in [1.54, 1.807) is 34.9 Å². The monoisotopic (exact) mass is 503 g/mol. The number of allylic oxidation sites excluding steroid dienone is 2. The third kappa shape index (κ3) is 7.12. The maximum Gasteiger partial charge on any atom is 0.243 e. The molecule has 4 rings (SSSR count). The molecule has 0 aliphatic carbocycles. The predicted molar refractivity (Wildman–Crippen MR) is 145 cm³/mol. The number of carbonyl (C=O) groups excluding carboxylic acids is 1. The quantitative estimate of drug-likeness (QED) is 0.235. The number of sulfonamides is 1. The number of carbonyl (C=O) groups is 1. The molecule has 1 aromatic heterocycles. The lowest BCUT2D eigenvalue weighted by molar-refractivity contribution is -0.116. The second-order valence-electron chi connectivity index (χ2n) is 9.15. The molecule has 1 saturated heterocycles. The molecule has 0 spiro atoms. The van der Waals surface area contributed by atoms with Gasteiger partial charge < -0.3 is 5.32 Å². The molecule has 0 bridgehead atoms. The molecular formula is C29H33N3O3S. The van der Waals surface area contributed by atoms with Crippen molar-refractivity contribution in [3.8, 4) is 0 Å². The molecule has 0 saturated carbocycles. The Hall–Kier alpha value is -3.29. The van der Waals surface area contributed by atoms with Gasteiger partial charge in [0.05, 0.1) is 4.90 Å². The van der Waals surface area contributed by atoms with Crippen LogP contribution in [0.3, 0.4) is 0 Å². The number of hydrogen-bond donors (Lipinski definition) is 1. The summed E-state index contributed by atoms with van der Waals surface area (Å²) in [6.07, 6.45) is 15.2. The lowest BCUT2D eigenvalue weighted by Gasteiger charge is -2.31. The number of rotatable bonds is 10. The molecule has 2 heterocycles. The van der Waals surface area contributed by atoms with Crippen LogP contribution in [0.15, 0.2) is 90.1 Å². The van der Waals surface area contributed by atoms with Crippen LogP contribution in [0, 0.1) is 5.92 Å². The third-order valence-electron chi connectivity index (χ3n) is 6.60. The minimum Gasteiger partial charge on any atom is -0.353 e. The summed E-state index contributed by atoms with van der Waals surface area (Å²) in [5, 5.41) is 4.90. The van der Waals surface area contributed by atoms with E-state index in [0.717, 1.165) is 48.4 Å². The van der Waals surface area contributed by atoms with Crippen molar-refractivity contribution >= 4 is 32.8 Å². The van der Waals surface area contributed by atoms with Crippen LogP contribution in [0.25, 0.3) is 16.8 Å². The molecule has 6 nitrogen and oxygen atoms in total. The third-order valence-corrected chi connectivity index (χ3v) is 8.50. The van der Waals surface area contributed by atoms with Gasteiger partial charge in [-0.3, -0.25) is 9.78 Å². The van der Waals surface area contributed by atoms with E-state index in [9.17, 15) is 13.2 Å². The first-order valence-electron chi connectivity index (χ1n) is 12.5. The van der Waals surface area contributed by atoms with E-state index in [1.165, 1.54) is 6.08 Å². The van der Waals surface area contributed by atoms with Gasteiger partial charge in [-0.2, -0.15) is 4.31 Å². The van der Waals surface area contributed by atoms with E-state index in [0.29, 0.717) is 30.4 Å². The van der Waals surface area contributed by atoms with Gasteiger partial charge in [0.15, 0.2) is 0 Å². The number of fused-ring (bicyclic) bond motifs is 1. The van der Waals surface area contributed by atoms with Gasteiger partial charge in [-0.1, -0.05) is 67.5 Å². The predicted octanol–water partition coefficient (Wildman–Crippen LogP) is 5.19. The lowest BCUT2D eigenvalue weighted by Crippen LogP contribution is -2.38. The highest BCUT2D eigenvalue weighted by molar-refractivity contribution is 7.89. The Balaban J connectivity index is 1.13. The maximum absolute atomic E-state index is 13.1. The standard InChI is InChI=1S/C29H33N3O3S/c33-29(13-4-1-9-25-10-7-18-30-23-25)31-19-6-5-8-24-16-20-32(21-17-24)36(34,35)28-15-14-26-11-2-3-12-27(26)22-28/h1-4,7,9-15,18,22-24H,5-6,8,16-17,19-21H2,(H,31,33). The summed E-state index contributed by atoms with van der Waals surface area (Å²) in [6, 6.07) is 17.0. The fraction of sp³-hybridized carbons (Fsp3) is 0.310. The van der Waals surface area contributed by atoms with Crippen LogP contribution in [0.1, 0.15) is 37.7 Å². The van der Waals surface area contributed by atoms with Gasteiger partial charge in [0.25, 0.3) is 0 Å². The smallest absolute Gasteiger partial charge is 0.243 e. The molecule has 1 amide bonds. The summed E-state index contributed by atoms with van der Waals surface area (Å²) in [5.74, 6) is 0.430. The number of unbranched alkanes of at least 4 members (excludes halogenated alkanes) is 1. The zero-order valence-electron chi connectivity index (χ0n) is 20.4. The van der Waals surface area contributed by atoms with Crippen molar-refractivity contribution in [2.75, 3.05) is 19.6 Å². The van der Waals surface area contributed by atoms with Crippen LogP contribution >= 0.6 is 0 Å². The Bertz CT molecular complexity index is 1310. The zero-order chi connectivity index (χ0) is 25.2. The second-order valence-corrected chi connectivity index (χ2v) is 11.1. The van der Waals surface area contributed by atoms with Crippen molar-refractivity contribution in [3.63, 3.8) is 0 Å². The van der Waals surface area contributed by atoms with Gasteiger partial charge in [0, 0.05) is 38.1 Å². The number of benzene rings is 2. The van der Waals surface area contributed by atoms with Gasteiger partial charge >= 0.3 is 0 Å². The number of hydrogen-bond acceptors (Lipinski definition) is 4. The Morgan fingerprint density at radius 2 is 1.81 bits per heavy atom. The zero-order valence-corrected chi connectivity index (χ0v) is 21.2. The minimum atomic E-state index is -3.47. The van der Waals surface area contributed by atoms with Crippen molar-refractivity contribution < 1.29 is 13.2 Å². The molecule has 7 heteroatoms. The minimum absolute atomic E-state index is 0.0990. The fourth-order valence-corrected chi connectivity index (χ4v) is 6.03. The average Bonchev–Trinajstić information content (AvgIpc) is 2.91. The average molecular weight is 504 g/mol. The van der Waals surface area contributed by atoms with Crippen LogP contribution in [0.2, 0.25) is 0 Å². The van der Waals surface area contributed by atoms with Crippen LogP contribution in [-0.2, 0) is 14.8 Å². The topological polar surface area (TPSA) is 79.4 Å². The number of pyridine rings is 1. The number of piperidine rings is 1. The maximum atomic E-state index is 13.1. The Morgan fingerprint density at radius 1 is 1.00 bits per heavy atom. The van der Waals surface area contributed by atoms with Crippen LogP contribution in [0.5, 0.6) is 0 Å². The van der Waals surface area contributed by atoms with Crippen molar-refractivity contribution in [1.82, 2.24) is 14.6 Å². The summed E-state index contributed by atoms with van der Waals surface area (Å²) < 4.78 is 27.9. The van der Waals surface area contributed by atoms with Crippen molar-refractivity contribution in [1.29, 1.82) is 0 Å². The Kier molecular flexibility index (Phi) is 9.03. The molecule has 2 aromatic carbocycles. The second kappa shape index (κ2) is 12.6. The molecule has 0 radical (unpaired) electrons. The highest BCUT2D eigenvalue weighted by Crippen LogP contribution is 2.28. The molecule has 0 atom stereocenters. The van der Waals surface area contributed by atoms with E-state index in [1.807, 2.05) is 54.6 Å². The number of nitrogens with zero attached hydrogens (tertiary/aromatic N) is 2. The molecule has 1 aliphatic rings. The molecule has 1 aliphatic heterocycles. The highest BCUT2D eigenvalue weighted by Gasteiger charge is 2.29. The van der Waals surface area contributed by atoms with Crippen LogP contribution in [0.4, 0.5) is 0 Å². The van der Waals surface area contributed by atoms with E-state index < -0.39 is 10.0 Å². The van der Waals surface area contributed by atoms with Crippen molar-refractivity contribution in [3.05, 3.63) is 90.8 Å². The van der Waals surface area contributed by atoms with Gasteiger partial charge in [-0.05, 0) is 59.7 Å². The number of amides is 1. The molecule has 1 N–H and O–H groups in total. The van der Waals surface area contributed by atoms with Crippen LogP contribution in [-0.4, -0.2) is 43.2 Å². The normalized spacial score (nSPS) is 15.7. The molecule has 36 heavy (non-hydrogen) atoms. The molecule has 3 aromatic rings. The molecule has 1 fully saturated rings. The number of nitrogens with one attached hydrogen (secondary N) is 1. The summed E-state index contributed by atoms with van der Waals surface area (Å²) in [5.41, 5.74) is 0.986. The fourth-order valence-electron chi connectivity index (χ4n) is 4.53. The van der Waals surface area contributed by atoms with E-state index in [4.69, 9.17) is 0 Å². The summed E-state index contributed by atoms with van der Waals surface area (Å²) >= 11 is 0.